The summed E-state index contributed by atoms with van der Waals surface area (Å²) in [5.41, 5.74) is 0.965. The number of carbonyl (C=O) groups is 1. The monoisotopic (exact) mass is 415 g/mol. The van der Waals surface area contributed by atoms with Crippen molar-refractivity contribution in [3.05, 3.63) is 78.5 Å². The summed E-state index contributed by atoms with van der Waals surface area (Å²) in [6.45, 7) is -0.102. The highest BCUT2D eigenvalue weighted by molar-refractivity contribution is 5.90. The van der Waals surface area contributed by atoms with E-state index in [0.717, 1.165) is 28.3 Å². The van der Waals surface area contributed by atoms with Crippen molar-refractivity contribution in [3.63, 3.8) is 0 Å². The first-order chi connectivity index (χ1) is 14.4. The molecule has 0 fully saturated rings. The number of carbonyl (C=O) groups excluding carboxylic acids is 1. The SMILES string of the molecule is O=C(Cn1ccc(C(F)(F)F)n1)Nc1cccc(OCc2cn3ccccc3n2)c1. The zero-order valence-electron chi connectivity index (χ0n) is 15.5. The number of aromatic nitrogens is 4. The van der Waals surface area contributed by atoms with Crippen molar-refractivity contribution >= 4 is 17.2 Å². The molecule has 10 heteroatoms. The number of alkyl halides is 3. The summed E-state index contributed by atoms with van der Waals surface area (Å²) in [5.74, 6) is 0.00706. The molecule has 0 saturated carbocycles. The minimum atomic E-state index is -4.55. The third-order valence-corrected chi connectivity index (χ3v) is 4.16. The Morgan fingerprint density at radius 3 is 2.73 bits per heavy atom. The van der Waals surface area contributed by atoms with Gasteiger partial charge in [-0.1, -0.05) is 12.1 Å². The molecule has 0 aliphatic heterocycles. The Kier molecular flexibility index (Phi) is 5.13. The van der Waals surface area contributed by atoms with Gasteiger partial charge in [-0.15, -0.1) is 0 Å². The Balaban J connectivity index is 1.35. The highest BCUT2D eigenvalue weighted by Gasteiger charge is 2.33. The van der Waals surface area contributed by atoms with E-state index >= 15 is 0 Å². The third kappa shape index (κ3) is 4.59. The molecule has 30 heavy (non-hydrogen) atoms. The Labute approximate surface area is 168 Å². The number of hydrogen-bond acceptors (Lipinski definition) is 4. The van der Waals surface area contributed by atoms with Gasteiger partial charge in [0.2, 0.25) is 5.91 Å². The lowest BCUT2D eigenvalue weighted by atomic mass is 10.3. The van der Waals surface area contributed by atoms with E-state index in [1.165, 1.54) is 0 Å². The Hall–Kier alpha value is -3.82. The van der Waals surface area contributed by atoms with E-state index in [1.807, 2.05) is 35.0 Å². The molecular formula is C20H16F3N5O2. The summed E-state index contributed by atoms with van der Waals surface area (Å²) in [6.07, 6.45) is 0.310. The molecule has 7 nitrogen and oxygen atoms in total. The molecule has 0 aliphatic carbocycles. The molecule has 0 saturated heterocycles. The molecular weight excluding hydrogens is 399 g/mol. The van der Waals surface area contributed by atoms with Gasteiger partial charge in [0.15, 0.2) is 5.69 Å². The van der Waals surface area contributed by atoms with Gasteiger partial charge in [0.05, 0.1) is 5.69 Å². The van der Waals surface area contributed by atoms with Gasteiger partial charge < -0.3 is 14.5 Å². The molecule has 4 aromatic rings. The first kappa shape index (κ1) is 19.5. The Morgan fingerprint density at radius 2 is 1.97 bits per heavy atom. The smallest absolute Gasteiger partial charge is 0.435 e. The standard InChI is InChI=1S/C20H16F3N5O2/c21-20(22,23)17-7-9-28(26-17)12-19(29)25-14-4-3-5-16(10-14)30-13-15-11-27-8-2-1-6-18(27)24-15/h1-11H,12-13H2,(H,25,29). The predicted molar refractivity (Wildman–Crippen MR) is 102 cm³/mol. The van der Waals surface area contributed by atoms with Crippen molar-refractivity contribution in [1.82, 2.24) is 19.2 Å². The lowest BCUT2D eigenvalue weighted by molar-refractivity contribution is -0.141. The van der Waals surface area contributed by atoms with Gasteiger partial charge in [-0.25, -0.2) is 4.98 Å². The van der Waals surface area contributed by atoms with Gasteiger partial charge in [-0.05, 0) is 30.3 Å². The molecule has 3 aromatic heterocycles. The quantitative estimate of drug-likeness (QED) is 0.520. The number of nitrogens with one attached hydrogen (secondary N) is 1. The van der Waals surface area contributed by atoms with Crippen LogP contribution in [0, 0.1) is 0 Å². The number of benzene rings is 1. The van der Waals surface area contributed by atoms with E-state index in [1.54, 1.807) is 24.3 Å². The van der Waals surface area contributed by atoms with Gasteiger partial charge in [0.25, 0.3) is 0 Å². The number of halogens is 3. The summed E-state index contributed by atoms with van der Waals surface area (Å²) < 4.78 is 46.3. The molecule has 154 valence electrons. The van der Waals surface area contributed by atoms with Crippen LogP contribution in [0.4, 0.5) is 18.9 Å². The molecule has 0 atom stereocenters. The van der Waals surface area contributed by atoms with Crippen molar-refractivity contribution in [3.8, 4) is 5.75 Å². The highest BCUT2D eigenvalue weighted by Crippen LogP contribution is 2.27. The van der Waals surface area contributed by atoms with Crippen LogP contribution in [0.1, 0.15) is 11.4 Å². The average Bonchev–Trinajstić information content (AvgIpc) is 3.33. The van der Waals surface area contributed by atoms with Gasteiger partial charge in [0, 0.05) is 30.3 Å². The Bertz CT molecular complexity index is 1150. The van der Waals surface area contributed by atoms with Crippen LogP contribution in [-0.4, -0.2) is 25.1 Å². The number of ether oxygens (including phenoxy) is 1. The first-order valence-electron chi connectivity index (χ1n) is 8.93. The topological polar surface area (TPSA) is 73.5 Å². The predicted octanol–water partition coefficient (Wildman–Crippen LogP) is 3.77. The van der Waals surface area contributed by atoms with Crippen molar-refractivity contribution in [2.75, 3.05) is 5.32 Å². The van der Waals surface area contributed by atoms with Crippen LogP contribution in [0.25, 0.3) is 5.65 Å². The molecule has 1 N–H and O–H groups in total. The van der Waals surface area contributed by atoms with E-state index in [2.05, 4.69) is 15.4 Å². The number of nitrogens with zero attached hydrogens (tertiary/aromatic N) is 4. The normalized spacial score (nSPS) is 11.6. The van der Waals surface area contributed by atoms with Gasteiger partial charge in [-0.2, -0.15) is 18.3 Å². The molecule has 0 spiro atoms. The van der Waals surface area contributed by atoms with E-state index in [-0.39, 0.29) is 13.2 Å². The van der Waals surface area contributed by atoms with Gasteiger partial charge in [0.1, 0.15) is 24.5 Å². The second-order valence-electron chi connectivity index (χ2n) is 6.46. The number of imidazole rings is 1. The lowest BCUT2D eigenvalue weighted by Crippen LogP contribution is -2.19. The van der Waals surface area contributed by atoms with E-state index in [4.69, 9.17) is 4.74 Å². The fraction of sp³-hybridized carbons (Fsp3) is 0.150. The van der Waals surface area contributed by atoms with Crippen LogP contribution in [-0.2, 0) is 24.1 Å². The van der Waals surface area contributed by atoms with Crippen LogP contribution in [0.5, 0.6) is 5.75 Å². The maximum atomic E-state index is 12.6. The summed E-state index contributed by atoms with van der Waals surface area (Å²) >= 11 is 0. The summed E-state index contributed by atoms with van der Waals surface area (Å²) in [4.78, 5) is 16.6. The van der Waals surface area contributed by atoms with Crippen LogP contribution in [0.15, 0.2) is 67.1 Å². The summed E-state index contributed by atoms with van der Waals surface area (Å²) in [7, 11) is 0. The summed E-state index contributed by atoms with van der Waals surface area (Å²) in [5, 5.41) is 5.98. The molecule has 4 rings (SSSR count). The number of pyridine rings is 1. The fourth-order valence-electron chi connectivity index (χ4n) is 2.83. The second kappa shape index (κ2) is 7.90. The molecule has 0 aliphatic rings. The third-order valence-electron chi connectivity index (χ3n) is 4.16. The average molecular weight is 415 g/mol. The fourth-order valence-corrected chi connectivity index (χ4v) is 2.83. The number of hydrogen-bond donors (Lipinski definition) is 1. The molecule has 1 aromatic carbocycles. The van der Waals surface area contributed by atoms with Crippen molar-refractivity contribution in [2.45, 2.75) is 19.3 Å². The molecule has 0 unspecified atom stereocenters. The minimum absolute atomic E-state index is 0.243. The molecule has 0 bridgehead atoms. The number of fused-ring (bicyclic) bond motifs is 1. The molecule has 0 radical (unpaired) electrons. The van der Waals surface area contributed by atoms with Gasteiger partial charge >= 0.3 is 6.18 Å². The van der Waals surface area contributed by atoms with Gasteiger partial charge in [-0.3, -0.25) is 9.48 Å². The molecule has 3 heterocycles. The van der Waals surface area contributed by atoms with Crippen LogP contribution in [0.2, 0.25) is 0 Å². The highest BCUT2D eigenvalue weighted by atomic mass is 19.4. The first-order valence-corrected chi connectivity index (χ1v) is 8.93. The van der Waals surface area contributed by atoms with Crippen LogP contribution < -0.4 is 10.1 Å². The number of anilines is 1. The number of amides is 1. The van der Waals surface area contributed by atoms with Crippen LogP contribution >= 0.6 is 0 Å². The zero-order valence-corrected chi connectivity index (χ0v) is 15.5. The lowest BCUT2D eigenvalue weighted by Gasteiger charge is -2.09. The van der Waals surface area contributed by atoms with E-state index in [9.17, 15) is 18.0 Å². The van der Waals surface area contributed by atoms with Crippen molar-refractivity contribution in [2.24, 2.45) is 0 Å². The minimum Gasteiger partial charge on any atom is -0.487 e. The second-order valence-corrected chi connectivity index (χ2v) is 6.46. The van der Waals surface area contributed by atoms with Crippen molar-refractivity contribution < 1.29 is 22.7 Å². The van der Waals surface area contributed by atoms with E-state index < -0.39 is 17.8 Å². The largest absolute Gasteiger partial charge is 0.487 e. The zero-order chi connectivity index (χ0) is 21.1. The summed E-state index contributed by atoms with van der Waals surface area (Å²) in [6, 6.07) is 13.2. The van der Waals surface area contributed by atoms with Crippen molar-refractivity contribution in [1.29, 1.82) is 0 Å². The maximum Gasteiger partial charge on any atom is 0.435 e. The van der Waals surface area contributed by atoms with E-state index in [0.29, 0.717) is 11.4 Å². The Morgan fingerprint density at radius 1 is 1.10 bits per heavy atom. The maximum absolute atomic E-state index is 12.6. The molecule has 1 amide bonds. The van der Waals surface area contributed by atoms with Crippen LogP contribution in [0.3, 0.4) is 0 Å². The number of rotatable bonds is 6.